The molecule has 1 atom stereocenters. The fourth-order valence-electron chi connectivity index (χ4n) is 2.02. The van der Waals surface area contributed by atoms with Crippen molar-refractivity contribution in [1.29, 1.82) is 0 Å². The largest absolute Gasteiger partial charge is 0.323 e. The van der Waals surface area contributed by atoms with Crippen LogP contribution in [0.5, 0.6) is 0 Å². The summed E-state index contributed by atoms with van der Waals surface area (Å²) in [6.45, 7) is 4.31. The first-order valence-electron chi connectivity index (χ1n) is 6.08. The smallest absolute Gasteiger partial charge is 0.0433 e. The van der Waals surface area contributed by atoms with Gasteiger partial charge in [0.2, 0.25) is 0 Å². The zero-order chi connectivity index (χ0) is 12.3. The summed E-state index contributed by atoms with van der Waals surface area (Å²) in [4.78, 5) is 1.31. The molecule has 0 aliphatic heterocycles. The minimum atomic E-state index is 0.127. The Bertz CT molecular complexity index is 470. The van der Waals surface area contributed by atoms with Crippen LogP contribution in [0, 0.1) is 6.92 Å². The van der Waals surface area contributed by atoms with Gasteiger partial charge in [0.25, 0.3) is 0 Å². The highest BCUT2D eigenvalue weighted by molar-refractivity contribution is 7.10. The summed E-state index contributed by atoms with van der Waals surface area (Å²) in [5.41, 5.74) is 10.3. The second-order valence-electron chi connectivity index (χ2n) is 4.45. The van der Waals surface area contributed by atoms with Crippen LogP contribution in [-0.4, -0.2) is 0 Å². The zero-order valence-electron chi connectivity index (χ0n) is 10.4. The number of thiophene rings is 1. The van der Waals surface area contributed by atoms with E-state index in [2.05, 4.69) is 49.6 Å². The van der Waals surface area contributed by atoms with Crippen LogP contribution in [0.15, 0.2) is 35.7 Å². The van der Waals surface area contributed by atoms with E-state index in [0.717, 1.165) is 12.8 Å². The van der Waals surface area contributed by atoms with Gasteiger partial charge in [-0.3, -0.25) is 0 Å². The first-order chi connectivity index (χ1) is 8.20. The monoisotopic (exact) mass is 245 g/mol. The highest BCUT2D eigenvalue weighted by Gasteiger charge is 2.10. The molecule has 2 rings (SSSR count). The highest BCUT2D eigenvalue weighted by atomic mass is 32.1. The summed E-state index contributed by atoms with van der Waals surface area (Å²) in [5.74, 6) is 0. The summed E-state index contributed by atoms with van der Waals surface area (Å²) in [5, 5.41) is 2.12. The summed E-state index contributed by atoms with van der Waals surface area (Å²) < 4.78 is 0. The van der Waals surface area contributed by atoms with E-state index in [1.54, 1.807) is 11.3 Å². The van der Waals surface area contributed by atoms with E-state index in [4.69, 9.17) is 5.73 Å². The lowest BCUT2D eigenvalue weighted by atomic mass is 10.0. The Kier molecular flexibility index (Phi) is 3.97. The maximum atomic E-state index is 6.25. The van der Waals surface area contributed by atoms with Crippen LogP contribution in [0.25, 0.3) is 0 Å². The Morgan fingerprint density at radius 3 is 2.29 bits per heavy atom. The molecule has 0 fully saturated rings. The molecule has 1 heterocycles. The minimum absolute atomic E-state index is 0.127. The topological polar surface area (TPSA) is 26.0 Å². The third-order valence-corrected chi connectivity index (χ3v) is 4.28. The van der Waals surface area contributed by atoms with Crippen molar-refractivity contribution < 1.29 is 0 Å². The van der Waals surface area contributed by atoms with E-state index in [9.17, 15) is 0 Å². The average molecular weight is 245 g/mol. The summed E-state index contributed by atoms with van der Waals surface area (Å²) >= 11 is 1.76. The Morgan fingerprint density at radius 2 is 1.76 bits per heavy atom. The number of aryl methyl sites for hydroxylation is 2. The molecule has 1 aromatic heterocycles. The molecule has 0 bridgehead atoms. The van der Waals surface area contributed by atoms with Gasteiger partial charge in [0.15, 0.2) is 0 Å². The lowest BCUT2D eigenvalue weighted by Crippen LogP contribution is -2.12. The SMILES string of the molecule is CCc1ccc(CC(N)c2sccc2C)cc1. The molecule has 0 amide bonds. The molecule has 0 radical (unpaired) electrons. The van der Waals surface area contributed by atoms with Gasteiger partial charge in [0, 0.05) is 10.9 Å². The molecule has 0 aliphatic rings. The number of hydrogen-bond donors (Lipinski definition) is 1. The predicted octanol–water partition coefficient (Wildman–Crippen LogP) is 3.86. The van der Waals surface area contributed by atoms with Gasteiger partial charge in [0.05, 0.1) is 0 Å². The first-order valence-corrected chi connectivity index (χ1v) is 6.96. The van der Waals surface area contributed by atoms with Crippen molar-refractivity contribution in [2.24, 2.45) is 5.73 Å². The number of rotatable bonds is 4. The van der Waals surface area contributed by atoms with Crippen LogP contribution in [0.4, 0.5) is 0 Å². The average Bonchev–Trinajstić information content (AvgIpc) is 2.76. The molecule has 2 N–H and O–H groups in total. The normalized spacial score (nSPS) is 12.6. The van der Waals surface area contributed by atoms with Gasteiger partial charge in [-0.1, -0.05) is 31.2 Å². The Hall–Kier alpha value is -1.12. The van der Waals surface area contributed by atoms with Crippen LogP contribution in [0.1, 0.15) is 34.5 Å². The molecule has 2 heteroatoms. The van der Waals surface area contributed by atoms with E-state index < -0.39 is 0 Å². The third kappa shape index (κ3) is 2.96. The van der Waals surface area contributed by atoms with E-state index in [1.807, 2.05) is 0 Å². The molecule has 17 heavy (non-hydrogen) atoms. The molecule has 0 aliphatic carbocycles. The molecule has 0 spiro atoms. The van der Waals surface area contributed by atoms with E-state index in [1.165, 1.54) is 21.6 Å². The summed E-state index contributed by atoms with van der Waals surface area (Å²) in [7, 11) is 0. The Morgan fingerprint density at radius 1 is 1.12 bits per heavy atom. The fourth-order valence-corrected chi connectivity index (χ4v) is 2.95. The molecular weight excluding hydrogens is 226 g/mol. The molecule has 1 nitrogen and oxygen atoms in total. The number of hydrogen-bond acceptors (Lipinski definition) is 2. The van der Waals surface area contributed by atoms with Gasteiger partial charge < -0.3 is 5.73 Å². The van der Waals surface area contributed by atoms with Gasteiger partial charge in [-0.05, 0) is 47.9 Å². The fraction of sp³-hybridized carbons (Fsp3) is 0.333. The number of nitrogens with two attached hydrogens (primary N) is 1. The van der Waals surface area contributed by atoms with Crippen LogP contribution >= 0.6 is 11.3 Å². The maximum absolute atomic E-state index is 6.25. The van der Waals surface area contributed by atoms with Gasteiger partial charge in [-0.2, -0.15) is 0 Å². The van der Waals surface area contributed by atoms with E-state index >= 15 is 0 Å². The lowest BCUT2D eigenvalue weighted by molar-refractivity contribution is 0.732. The van der Waals surface area contributed by atoms with Crippen molar-refractivity contribution in [1.82, 2.24) is 0 Å². The van der Waals surface area contributed by atoms with Gasteiger partial charge in [0.1, 0.15) is 0 Å². The van der Waals surface area contributed by atoms with Crippen LogP contribution in [0.2, 0.25) is 0 Å². The first kappa shape index (κ1) is 12.3. The van der Waals surface area contributed by atoms with Gasteiger partial charge >= 0.3 is 0 Å². The summed E-state index contributed by atoms with van der Waals surface area (Å²) in [6.07, 6.45) is 2.02. The van der Waals surface area contributed by atoms with Crippen molar-refractivity contribution in [3.8, 4) is 0 Å². The van der Waals surface area contributed by atoms with Crippen molar-refractivity contribution in [3.63, 3.8) is 0 Å². The predicted molar refractivity (Wildman–Crippen MR) is 75.5 cm³/mol. The molecular formula is C15H19NS. The maximum Gasteiger partial charge on any atom is 0.0433 e. The Labute approximate surface area is 107 Å². The third-order valence-electron chi connectivity index (χ3n) is 3.13. The van der Waals surface area contributed by atoms with Crippen LogP contribution in [0.3, 0.4) is 0 Å². The van der Waals surface area contributed by atoms with Crippen LogP contribution in [-0.2, 0) is 12.8 Å². The highest BCUT2D eigenvalue weighted by Crippen LogP contribution is 2.25. The minimum Gasteiger partial charge on any atom is -0.323 e. The molecule has 1 aromatic carbocycles. The molecule has 2 aromatic rings. The van der Waals surface area contributed by atoms with E-state index in [-0.39, 0.29) is 6.04 Å². The van der Waals surface area contributed by atoms with Crippen molar-refractivity contribution in [2.75, 3.05) is 0 Å². The molecule has 90 valence electrons. The molecule has 1 unspecified atom stereocenters. The quantitative estimate of drug-likeness (QED) is 0.869. The van der Waals surface area contributed by atoms with Gasteiger partial charge in [-0.15, -0.1) is 11.3 Å². The summed E-state index contributed by atoms with van der Waals surface area (Å²) in [6, 6.07) is 11.1. The van der Waals surface area contributed by atoms with Gasteiger partial charge in [-0.25, -0.2) is 0 Å². The zero-order valence-corrected chi connectivity index (χ0v) is 11.3. The standard InChI is InChI=1S/C15H19NS/c1-3-12-4-6-13(7-5-12)10-14(16)15-11(2)8-9-17-15/h4-9,14H,3,10,16H2,1-2H3. The lowest BCUT2D eigenvalue weighted by Gasteiger charge is -2.11. The molecule has 0 saturated heterocycles. The van der Waals surface area contributed by atoms with Crippen LogP contribution < -0.4 is 5.73 Å². The molecule has 0 saturated carbocycles. The second kappa shape index (κ2) is 5.48. The van der Waals surface area contributed by atoms with E-state index in [0.29, 0.717) is 0 Å². The van der Waals surface area contributed by atoms with Crippen molar-refractivity contribution in [3.05, 3.63) is 57.3 Å². The second-order valence-corrected chi connectivity index (χ2v) is 5.40. The van der Waals surface area contributed by atoms with Crippen molar-refractivity contribution in [2.45, 2.75) is 32.7 Å². The number of benzene rings is 1. The Balaban J connectivity index is 2.07. The van der Waals surface area contributed by atoms with Crippen molar-refractivity contribution >= 4 is 11.3 Å².